The Balaban J connectivity index is 1.57. The Morgan fingerprint density at radius 3 is 2.44 bits per heavy atom. The number of aliphatic carboxylic acids is 1. The van der Waals surface area contributed by atoms with Gasteiger partial charge in [0.2, 0.25) is 0 Å². The predicted molar refractivity (Wildman–Crippen MR) is 142 cm³/mol. The van der Waals surface area contributed by atoms with Crippen molar-refractivity contribution < 1.29 is 19.4 Å². The predicted octanol–water partition coefficient (Wildman–Crippen LogP) is 6.30. The number of halogens is 1. The van der Waals surface area contributed by atoms with Crippen LogP contribution in [-0.4, -0.2) is 27.7 Å². The van der Waals surface area contributed by atoms with Crippen molar-refractivity contribution in [3.63, 3.8) is 0 Å². The van der Waals surface area contributed by atoms with E-state index in [0.717, 1.165) is 33.3 Å². The average molecular weight is 505 g/mol. The maximum atomic E-state index is 13.0. The molecule has 1 aromatic heterocycles. The standard InChI is InChI=1S/C29H29ClN2O4/c1-17-19(3)32(16-21-6-5-7-25(14-21)36-20(4)29(34)35)27-13-10-23(15-26(17)27)28(33)31-18(2)22-8-11-24(30)12-9-22/h5-15,18,20H,16H2,1-4H3,(H,31,33)(H,34,35)/t18-,20?/m0/s1. The monoisotopic (exact) mass is 504 g/mol. The Kier molecular flexibility index (Phi) is 7.36. The molecule has 2 N–H and O–H groups in total. The molecule has 2 atom stereocenters. The number of hydrogen-bond donors (Lipinski definition) is 2. The Morgan fingerprint density at radius 2 is 1.75 bits per heavy atom. The summed E-state index contributed by atoms with van der Waals surface area (Å²) in [6, 6.07) is 20.5. The van der Waals surface area contributed by atoms with E-state index < -0.39 is 12.1 Å². The maximum absolute atomic E-state index is 13.0. The molecule has 4 rings (SSSR count). The van der Waals surface area contributed by atoms with Gasteiger partial charge in [-0.25, -0.2) is 4.79 Å². The summed E-state index contributed by atoms with van der Waals surface area (Å²) in [5, 5.41) is 13.9. The van der Waals surface area contributed by atoms with E-state index in [2.05, 4.69) is 23.7 Å². The van der Waals surface area contributed by atoms with Gasteiger partial charge in [-0.05, 0) is 86.8 Å². The maximum Gasteiger partial charge on any atom is 0.344 e. The second kappa shape index (κ2) is 10.5. The van der Waals surface area contributed by atoms with E-state index in [4.69, 9.17) is 21.4 Å². The minimum absolute atomic E-state index is 0.137. The van der Waals surface area contributed by atoms with Gasteiger partial charge in [-0.1, -0.05) is 35.9 Å². The van der Waals surface area contributed by atoms with Crippen LogP contribution in [0.5, 0.6) is 5.75 Å². The average Bonchev–Trinajstić information content (AvgIpc) is 3.08. The van der Waals surface area contributed by atoms with Crippen LogP contribution in [0.3, 0.4) is 0 Å². The highest BCUT2D eigenvalue weighted by Crippen LogP contribution is 2.28. The van der Waals surface area contributed by atoms with Crippen molar-refractivity contribution in [2.24, 2.45) is 0 Å². The summed E-state index contributed by atoms with van der Waals surface area (Å²) in [7, 11) is 0. The molecule has 1 heterocycles. The van der Waals surface area contributed by atoms with Crippen LogP contribution >= 0.6 is 11.6 Å². The molecular formula is C29H29ClN2O4. The number of fused-ring (bicyclic) bond motifs is 1. The van der Waals surface area contributed by atoms with Crippen molar-refractivity contribution in [2.45, 2.75) is 46.4 Å². The third-order valence-corrected chi connectivity index (χ3v) is 6.77. The number of carboxylic acid groups (broad SMARTS) is 1. The molecule has 6 nitrogen and oxygen atoms in total. The van der Waals surface area contributed by atoms with Gasteiger partial charge in [0.1, 0.15) is 5.75 Å². The third kappa shape index (κ3) is 5.39. The number of carbonyl (C=O) groups is 2. The van der Waals surface area contributed by atoms with Gasteiger partial charge in [0.25, 0.3) is 5.91 Å². The zero-order valence-electron chi connectivity index (χ0n) is 20.7. The topological polar surface area (TPSA) is 80.6 Å². The van der Waals surface area contributed by atoms with Crippen molar-refractivity contribution >= 4 is 34.4 Å². The number of nitrogens with zero attached hydrogens (tertiary/aromatic N) is 1. The summed E-state index contributed by atoms with van der Waals surface area (Å²) >= 11 is 5.98. The lowest BCUT2D eigenvalue weighted by molar-refractivity contribution is -0.144. The third-order valence-electron chi connectivity index (χ3n) is 6.52. The van der Waals surface area contributed by atoms with Crippen molar-refractivity contribution in [2.75, 3.05) is 0 Å². The molecule has 0 saturated heterocycles. The van der Waals surface area contributed by atoms with Crippen molar-refractivity contribution in [3.8, 4) is 5.75 Å². The number of ether oxygens (including phenoxy) is 1. The molecule has 7 heteroatoms. The molecule has 0 aliphatic carbocycles. The van der Waals surface area contributed by atoms with Gasteiger partial charge in [0.15, 0.2) is 6.10 Å². The second-order valence-corrected chi connectivity index (χ2v) is 9.46. The quantitative estimate of drug-likeness (QED) is 0.295. The minimum Gasteiger partial charge on any atom is -0.479 e. The molecule has 4 aromatic rings. The van der Waals surface area contributed by atoms with Crippen LogP contribution in [0, 0.1) is 13.8 Å². The highest BCUT2D eigenvalue weighted by Gasteiger charge is 2.17. The molecule has 0 bridgehead atoms. The first kappa shape index (κ1) is 25.3. The number of rotatable bonds is 8. The lowest BCUT2D eigenvalue weighted by Gasteiger charge is -2.15. The fraction of sp³-hybridized carbons (Fsp3) is 0.241. The Hall–Kier alpha value is -3.77. The zero-order valence-corrected chi connectivity index (χ0v) is 21.5. The Bertz CT molecular complexity index is 1430. The molecule has 0 saturated carbocycles. The van der Waals surface area contributed by atoms with E-state index in [0.29, 0.717) is 22.9 Å². The Labute approximate surface area is 215 Å². The lowest BCUT2D eigenvalue weighted by Crippen LogP contribution is -2.26. The van der Waals surface area contributed by atoms with E-state index >= 15 is 0 Å². The van der Waals surface area contributed by atoms with Gasteiger partial charge < -0.3 is 19.7 Å². The molecule has 0 aliphatic heterocycles. The summed E-state index contributed by atoms with van der Waals surface area (Å²) in [5.41, 5.74) is 5.80. The smallest absolute Gasteiger partial charge is 0.344 e. The van der Waals surface area contributed by atoms with Crippen LogP contribution in [0.25, 0.3) is 10.9 Å². The van der Waals surface area contributed by atoms with Crippen LogP contribution < -0.4 is 10.1 Å². The number of amides is 1. The summed E-state index contributed by atoms with van der Waals surface area (Å²) in [6.45, 7) is 8.16. The molecule has 3 aromatic carbocycles. The van der Waals surface area contributed by atoms with Gasteiger partial charge in [0.05, 0.1) is 6.04 Å². The highest BCUT2D eigenvalue weighted by molar-refractivity contribution is 6.30. The molecule has 1 amide bonds. The fourth-order valence-electron chi connectivity index (χ4n) is 4.26. The molecule has 1 unspecified atom stereocenters. The van der Waals surface area contributed by atoms with Gasteiger partial charge >= 0.3 is 5.97 Å². The molecule has 0 spiro atoms. The number of benzene rings is 3. The largest absolute Gasteiger partial charge is 0.479 e. The first-order chi connectivity index (χ1) is 17.1. The Morgan fingerprint density at radius 1 is 1.03 bits per heavy atom. The molecule has 0 fully saturated rings. The van der Waals surface area contributed by atoms with Crippen LogP contribution in [0.1, 0.15) is 52.6 Å². The molecule has 36 heavy (non-hydrogen) atoms. The van der Waals surface area contributed by atoms with Gasteiger partial charge in [-0.2, -0.15) is 0 Å². The number of aryl methyl sites for hydroxylation is 1. The summed E-state index contributed by atoms with van der Waals surface area (Å²) in [4.78, 5) is 24.1. The number of aromatic nitrogens is 1. The molecule has 0 aliphatic rings. The molecule has 0 radical (unpaired) electrons. The number of carbonyl (C=O) groups excluding carboxylic acids is 1. The number of nitrogens with one attached hydrogen (secondary N) is 1. The van der Waals surface area contributed by atoms with E-state index in [1.807, 2.05) is 67.6 Å². The fourth-order valence-corrected chi connectivity index (χ4v) is 4.39. The van der Waals surface area contributed by atoms with Gasteiger partial charge in [-0.3, -0.25) is 4.79 Å². The SMILES string of the molecule is Cc1c(C)n(Cc2cccc(OC(C)C(=O)O)c2)c2ccc(C(=O)N[C@@H](C)c3ccc(Cl)cc3)cc12. The first-order valence-electron chi connectivity index (χ1n) is 11.8. The zero-order chi connectivity index (χ0) is 26.0. The minimum atomic E-state index is -1.01. The molecule has 186 valence electrons. The second-order valence-electron chi connectivity index (χ2n) is 9.02. The van der Waals surface area contributed by atoms with E-state index in [9.17, 15) is 9.59 Å². The summed E-state index contributed by atoms with van der Waals surface area (Å²) in [6.07, 6.45) is -0.927. The summed E-state index contributed by atoms with van der Waals surface area (Å²) < 4.78 is 7.73. The van der Waals surface area contributed by atoms with Gasteiger partial charge in [-0.15, -0.1) is 0 Å². The number of hydrogen-bond acceptors (Lipinski definition) is 3. The van der Waals surface area contributed by atoms with Crippen LogP contribution in [-0.2, 0) is 11.3 Å². The van der Waals surface area contributed by atoms with Crippen molar-refractivity contribution in [1.82, 2.24) is 9.88 Å². The lowest BCUT2D eigenvalue weighted by atomic mass is 10.1. The van der Waals surface area contributed by atoms with Crippen LogP contribution in [0.15, 0.2) is 66.7 Å². The van der Waals surface area contributed by atoms with E-state index in [1.165, 1.54) is 6.92 Å². The van der Waals surface area contributed by atoms with Crippen molar-refractivity contribution in [1.29, 1.82) is 0 Å². The van der Waals surface area contributed by atoms with Crippen LogP contribution in [0.4, 0.5) is 0 Å². The van der Waals surface area contributed by atoms with Crippen LogP contribution in [0.2, 0.25) is 5.02 Å². The van der Waals surface area contributed by atoms with E-state index in [1.54, 1.807) is 6.07 Å². The summed E-state index contributed by atoms with van der Waals surface area (Å²) in [5.74, 6) is -0.630. The van der Waals surface area contributed by atoms with Gasteiger partial charge in [0, 0.05) is 33.7 Å². The first-order valence-corrected chi connectivity index (χ1v) is 12.2. The van der Waals surface area contributed by atoms with E-state index in [-0.39, 0.29) is 11.9 Å². The highest BCUT2D eigenvalue weighted by atomic mass is 35.5. The van der Waals surface area contributed by atoms with Crippen molar-refractivity contribution in [3.05, 3.63) is 99.7 Å². The molecular weight excluding hydrogens is 476 g/mol. The number of carboxylic acids is 1. The normalized spacial score (nSPS) is 12.8.